The highest BCUT2D eigenvalue weighted by molar-refractivity contribution is 6.04. The lowest BCUT2D eigenvalue weighted by Crippen LogP contribution is -2.13. The third kappa shape index (κ3) is 3.85. The number of nitrogens with zero attached hydrogens (tertiary/aromatic N) is 1. The maximum absolute atomic E-state index is 12.3. The average Bonchev–Trinajstić information content (AvgIpc) is 2.47. The summed E-state index contributed by atoms with van der Waals surface area (Å²) >= 11 is 0. The maximum atomic E-state index is 12.3. The van der Waals surface area contributed by atoms with Crippen molar-refractivity contribution in [3.63, 3.8) is 0 Å². The fourth-order valence-electron chi connectivity index (χ4n) is 2.09. The zero-order valence-electron chi connectivity index (χ0n) is 13.1. The molecule has 0 aromatic heterocycles. The Morgan fingerprint density at radius 3 is 2.29 bits per heavy atom. The first-order chi connectivity index (χ1) is 9.97. The van der Waals surface area contributed by atoms with Gasteiger partial charge in [-0.3, -0.25) is 4.79 Å². The second-order valence-electron chi connectivity index (χ2n) is 5.68. The van der Waals surface area contributed by atoms with Crippen LogP contribution in [0.15, 0.2) is 48.5 Å². The van der Waals surface area contributed by atoms with E-state index in [0.717, 1.165) is 11.4 Å². The van der Waals surface area contributed by atoms with Crippen molar-refractivity contribution in [2.75, 3.05) is 24.3 Å². The summed E-state index contributed by atoms with van der Waals surface area (Å²) in [5.74, 6) is 0.363. The van der Waals surface area contributed by atoms with Gasteiger partial charge in [0.05, 0.1) is 0 Å². The molecule has 0 atom stereocenters. The van der Waals surface area contributed by atoms with Crippen molar-refractivity contribution in [2.45, 2.75) is 19.8 Å². The van der Waals surface area contributed by atoms with Crippen molar-refractivity contribution in [3.8, 4) is 0 Å². The van der Waals surface area contributed by atoms with Gasteiger partial charge >= 0.3 is 0 Å². The third-order valence-corrected chi connectivity index (χ3v) is 3.46. The van der Waals surface area contributed by atoms with Crippen molar-refractivity contribution < 1.29 is 4.79 Å². The Bertz CT molecular complexity index is 615. The number of amides is 1. The lowest BCUT2D eigenvalue weighted by Gasteiger charge is -2.13. The number of benzene rings is 2. The lowest BCUT2D eigenvalue weighted by atomic mass is 10.0. The molecular formula is C18H22N2O. The first-order valence-electron chi connectivity index (χ1n) is 7.16. The van der Waals surface area contributed by atoms with Crippen molar-refractivity contribution in [2.24, 2.45) is 0 Å². The molecule has 2 rings (SSSR count). The predicted octanol–water partition coefficient (Wildman–Crippen LogP) is 4.13. The van der Waals surface area contributed by atoms with Crippen LogP contribution in [-0.4, -0.2) is 20.0 Å². The van der Waals surface area contributed by atoms with E-state index in [4.69, 9.17) is 0 Å². The summed E-state index contributed by atoms with van der Waals surface area (Å²) < 4.78 is 0. The van der Waals surface area contributed by atoms with Gasteiger partial charge in [-0.1, -0.05) is 26.0 Å². The molecule has 21 heavy (non-hydrogen) atoms. The molecule has 0 aliphatic rings. The van der Waals surface area contributed by atoms with E-state index in [-0.39, 0.29) is 5.91 Å². The Balaban J connectivity index is 2.12. The Morgan fingerprint density at radius 2 is 1.71 bits per heavy atom. The largest absolute Gasteiger partial charge is 0.378 e. The van der Waals surface area contributed by atoms with Crippen LogP contribution in [0.1, 0.15) is 35.7 Å². The molecule has 0 spiro atoms. The van der Waals surface area contributed by atoms with Crippen LogP contribution in [0.3, 0.4) is 0 Å². The van der Waals surface area contributed by atoms with E-state index in [1.54, 1.807) is 0 Å². The standard InChI is InChI=1S/C18H22N2O/c1-13(2)15-6-5-7-16(12-15)19-18(21)14-8-10-17(11-9-14)20(3)4/h5-13H,1-4H3,(H,19,21). The molecular weight excluding hydrogens is 260 g/mol. The number of carbonyl (C=O) groups is 1. The highest BCUT2D eigenvalue weighted by atomic mass is 16.1. The van der Waals surface area contributed by atoms with Gasteiger partial charge in [-0.25, -0.2) is 0 Å². The molecule has 0 radical (unpaired) electrons. The normalized spacial score (nSPS) is 10.5. The molecule has 1 N–H and O–H groups in total. The molecule has 2 aromatic carbocycles. The maximum Gasteiger partial charge on any atom is 0.255 e. The van der Waals surface area contributed by atoms with E-state index in [2.05, 4.69) is 25.2 Å². The second kappa shape index (κ2) is 6.44. The average molecular weight is 282 g/mol. The van der Waals surface area contributed by atoms with Gasteiger partial charge in [0.15, 0.2) is 0 Å². The fraction of sp³-hybridized carbons (Fsp3) is 0.278. The quantitative estimate of drug-likeness (QED) is 0.914. The summed E-state index contributed by atoms with van der Waals surface area (Å²) in [7, 11) is 3.96. The van der Waals surface area contributed by atoms with Gasteiger partial charge in [-0.05, 0) is 47.9 Å². The summed E-state index contributed by atoms with van der Waals surface area (Å²) in [5, 5.41) is 2.95. The molecule has 2 aromatic rings. The van der Waals surface area contributed by atoms with E-state index in [1.807, 2.05) is 61.5 Å². The Labute approximate surface area is 126 Å². The summed E-state index contributed by atoms with van der Waals surface area (Å²) in [6.45, 7) is 4.28. The second-order valence-corrected chi connectivity index (χ2v) is 5.68. The van der Waals surface area contributed by atoms with Crippen LogP contribution in [0, 0.1) is 0 Å². The van der Waals surface area contributed by atoms with Crippen LogP contribution in [0.25, 0.3) is 0 Å². The van der Waals surface area contributed by atoms with Crippen LogP contribution in [0.4, 0.5) is 11.4 Å². The zero-order valence-corrected chi connectivity index (χ0v) is 13.1. The van der Waals surface area contributed by atoms with Crippen molar-refractivity contribution >= 4 is 17.3 Å². The third-order valence-electron chi connectivity index (χ3n) is 3.46. The minimum atomic E-state index is -0.0822. The summed E-state index contributed by atoms with van der Waals surface area (Å²) in [6, 6.07) is 15.6. The first kappa shape index (κ1) is 15.1. The van der Waals surface area contributed by atoms with Gasteiger partial charge in [0.2, 0.25) is 0 Å². The number of hydrogen-bond acceptors (Lipinski definition) is 2. The van der Waals surface area contributed by atoms with Crippen LogP contribution in [-0.2, 0) is 0 Å². The molecule has 0 unspecified atom stereocenters. The van der Waals surface area contributed by atoms with Crippen LogP contribution in [0.5, 0.6) is 0 Å². The van der Waals surface area contributed by atoms with E-state index < -0.39 is 0 Å². The van der Waals surface area contributed by atoms with Crippen molar-refractivity contribution in [1.29, 1.82) is 0 Å². The van der Waals surface area contributed by atoms with Crippen molar-refractivity contribution in [3.05, 3.63) is 59.7 Å². The number of hydrogen-bond donors (Lipinski definition) is 1. The highest BCUT2D eigenvalue weighted by Crippen LogP contribution is 2.19. The summed E-state index contributed by atoms with van der Waals surface area (Å²) in [4.78, 5) is 14.3. The van der Waals surface area contributed by atoms with Gasteiger partial charge in [0.1, 0.15) is 0 Å². The molecule has 110 valence electrons. The minimum Gasteiger partial charge on any atom is -0.378 e. The van der Waals surface area contributed by atoms with Crippen LogP contribution >= 0.6 is 0 Å². The molecule has 3 nitrogen and oxygen atoms in total. The lowest BCUT2D eigenvalue weighted by molar-refractivity contribution is 0.102. The van der Waals surface area contributed by atoms with Crippen LogP contribution in [0.2, 0.25) is 0 Å². The van der Waals surface area contributed by atoms with E-state index in [0.29, 0.717) is 11.5 Å². The van der Waals surface area contributed by atoms with Gasteiger partial charge in [-0.2, -0.15) is 0 Å². The van der Waals surface area contributed by atoms with E-state index in [1.165, 1.54) is 5.56 Å². The minimum absolute atomic E-state index is 0.0822. The predicted molar refractivity (Wildman–Crippen MR) is 89.3 cm³/mol. The highest BCUT2D eigenvalue weighted by Gasteiger charge is 2.07. The molecule has 1 amide bonds. The van der Waals surface area contributed by atoms with Gasteiger partial charge < -0.3 is 10.2 Å². The summed E-state index contributed by atoms with van der Waals surface area (Å²) in [5.41, 5.74) is 3.79. The summed E-state index contributed by atoms with van der Waals surface area (Å²) in [6.07, 6.45) is 0. The smallest absolute Gasteiger partial charge is 0.255 e. The van der Waals surface area contributed by atoms with E-state index >= 15 is 0 Å². The number of rotatable bonds is 4. The van der Waals surface area contributed by atoms with Crippen LogP contribution < -0.4 is 10.2 Å². The number of anilines is 2. The monoisotopic (exact) mass is 282 g/mol. The topological polar surface area (TPSA) is 32.3 Å². The Hall–Kier alpha value is -2.29. The first-order valence-corrected chi connectivity index (χ1v) is 7.16. The fourth-order valence-corrected chi connectivity index (χ4v) is 2.09. The Morgan fingerprint density at radius 1 is 1.05 bits per heavy atom. The van der Waals surface area contributed by atoms with Crippen molar-refractivity contribution in [1.82, 2.24) is 0 Å². The molecule has 0 heterocycles. The zero-order chi connectivity index (χ0) is 15.4. The van der Waals surface area contributed by atoms with E-state index in [9.17, 15) is 4.79 Å². The molecule has 0 bridgehead atoms. The number of carbonyl (C=O) groups excluding carboxylic acids is 1. The molecule has 0 aliphatic heterocycles. The molecule has 3 heteroatoms. The molecule has 0 saturated carbocycles. The van der Waals surface area contributed by atoms with Gasteiger partial charge in [0, 0.05) is 31.0 Å². The molecule has 0 fully saturated rings. The SMILES string of the molecule is CC(C)c1cccc(NC(=O)c2ccc(N(C)C)cc2)c1. The molecule has 0 aliphatic carbocycles. The van der Waals surface area contributed by atoms with Gasteiger partial charge in [0.25, 0.3) is 5.91 Å². The number of nitrogens with one attached hydrogen (secondary N) is 1. The Kier molecular flexibility index (Phi) is 4.63. The molecule has 0 saturated heterocycles. The van der Waals surface area contributed by atoms with Gasteiger partial charge in [-0.15, -0.1) is 0 Å².